The largest absolute Gasteiger partial charge is 0.379 e. The Balaban J connectivity index is 1.22. The van der Waals surface area contributed by atoms with E-state index < -0.39 is 0 Å². The van der Waals surface area contributed by atoms with E-state index >= 15 is 0 Å². The fourth-order valence-electron chi connectivity index (χ4n) is 4.77. The first-order valence-corrected chi connectivity index (χ1v) is 12.6. The van der Waals surface area contributed by atoms with Crippen molar-refractivity contribution in [3.05, 3.63) is 54.0 Å². The third-order valence-electron chi connectivity index (χ3n) is 7.06. The Bertz CT molecular complexity index is 1370. The lowest BCUT2D eigenvalue weighted by atomic mass is 9.86. The maximum atomic E-state index is 12.8. The Hall–Kier alpha value is -4.30. The number of rotatable bonds is 7. The molecular weight excluding hydrogens is 484 g/mol. The molecule has 196 valence electrons. The number of carbonyl (C=O) groups excluding carboxylic acids is 2. The zero-order chi connectivity index (χ0) is 26.7. The summed E-state index contributed by atoms with van der Waals surface area (Å²) in [5.74, 6) is 0.336. The molecule has 2 fully saturated rings. The van der Waals surface area contributed by atoms with Crippen LogP contribution < -0.4 is 10.6 Å². The van der Waals surface area contributed by atoms with Gasteiger partial charge in [0.05, 0.1) is 48.3 Å². The van der Waals surface area contributed by atoms with E-state index in [1.807, 2.05) is 47.8 Å². The zero-order valence-electron chi connectivity index (χ0n) is 21.5. The van der Waals surface area contributed by atoms with Gasteiger partial charge in [0.2, 0.25) is 11.9 Å². The van der Waals surface area contributed by atoms with Crippen molar-refractivity contribution in [1.82, 2.24) is 30.0 Å². The maximum absolute atomic E-state index is 12.8. The van der Waals surface area contributed by atoms with Crippen molar-refractivity contribution in [2.24, 2.45) is 5.41 Å². The SMILES string of the molecule is Cc1cnc(Nc2cnn(C3CCN(C(=O)C4(C)COC4)CC3)c2)nc1-c1ccc(C(=O)NCC#N)cc1. The van der Waals surface area contributed by atoms with E-state index in [-0.39, 0.29) is 29.8 Å². The predicted octanol–water partition coefficient (Wildman–Crippen LogP) is 2.85. The van der Waals surface area contributed by atoms with E-state index in [2.05, 4.69) is 20.7 Å². The summed E-state index contributed by atoms with van der Waals surface area (Å²) in [6, 6.07) is 9.19. The van der Waals surface area contributed by atoms with Crippen LogP contribution in [0.25, 0.3) is 11.3 Å². The number of likely N-dealkylation sites (tertiary alicyclic amines) is 1. The average Bonchev–Trinajstić information content (AvgIpc) is 3.39. The van der Waals surface area contributed by atoms with Crippen molar-refractivity contribution < 1.29 is 14.3 Å². The number of nitrogens with zero attached hydrogens (tertiary/aromatic N) is 6. The van der Waals surface area contributed by atoms with Crippen molar-refractivity contribution in [3.63, 3.8) is 0 Å². The summed E-state index contributed by atoms with van der Waals surface area (Å²) in [5, 5.41) is 19.0. The molecule has 0 atom stereocenters. The van der Waals surface area contributed by atoms with Crippen molar-refractivity contribution >= 4 is 23.5 Å². The van der Waals surface area contributed by atoms with E-state index in [4.69, 9.17) is 15.0 Å². The molecule has 0 saturated carbocycles. The second kappa shape index (κ2) is 10.6. The summed E-state index contributed by atoms with van der Waals surface area (Å²) >= 11 is 0. The lowest BCUT2D eigenvalue weighted by Gasteiger charge is -2.42. The maximum Gasteiger partial charge on any atom is 0.252 e. The Labute approximate surface area is 220 Å². The molecule has 2 saturated heterocycles. The number of hydrogen-bond acceptors (Lipinski definition) is 8. The van der Waals surface area contributed by atoms with E-state index in [9.17, 15) is 9.59 Å². The van der Waals surface area contributed by atoms with E-state index in [1.54, 1.807) is 24.5 Å². The molecule has 11 nitrogen and oxygen atoms in total. The summed E-state index contributed by atoms with van der Waals surface area (Å²) in [5.41, 5.74) is 3.39. The number of anilines is 2. The summed E-state index contributed by atoms with van der Waals surface area (Å²) in [4.78, 5) is 35.9. The molecule has 0 spiro atoms. The highest BCUT2D eigenvalue weighted by Gasteiger charge is 2.44. The van der Waals surface area contributed by atoms with Gasteiger partial charge < -0.3 is 20.3 Å². The minimum absolute atomic E-state index is 0.0363. The number of nitrogens with one attached hydrogen (secondary N) is 2. The predicted molar refractivity (Wildman–Crippen MR) is 139 cm³/mol. The lowest BCUT2D eigenvalue weighted by Crippen LogP contribution is -2.55. The molecule has 2 amide bonds. The van der Waals surface area contributed by atoms with Gasteiger partial charge >= 0.3 is 0 Å². The number of benzene rings is 1. The van der Waals surface area contributed by atoms with Gasteiger partial charge in [0.15, 0.2) is 0 Å². The molecule has 5 rings (SSSR count). The smallest absolute Gasteiger partial charge is 0.252 e. The quantitative estimate of drug-likeness (QED) is 0.459. The van der Waals surface area contributed by atoms with Crippen LogP contribution in [0.3, 0.4) is 0 Å². The van der Waals surface area contributed by atoms with Gasteiger partial charge in [-0.1, -0.05) is 12.1 Å². The summed E-state index contributed by atoms with van der Waals surface area (Å²) in [7, 11) is 0. The molecule has 0 radical (unpaired) electrons. The molecule has 2 aliphatic rings. The Kier molecular flexibility index (Phi) is 7.07. The number of aryl methyl sites for hydroxylation is 1. The fourth-order valence-corrected chi connectivity index (χ4v) is 4.77. The standard InChI is InChI=1S/C27H30N8O3/c1-18-13-30-26(33-23(18)19-3-5-20(6-4-19)24(36)29-10-9-28)32-21-14-31-35(15-21)22-7-11-34(12-8-22)25(37)27(2)16-38-17-27/h3-6,13-15,22H,7-8,10-12,16-17H2,1-2H3,(H,29,36)(H,30,32,33). The van der Waals surface area contributed by atoms with Crippen LogP contribution in [0.15, 0.2) is 42.9 Å². The first kappa shape index (κ1) is 25.4. The molecule has 0 aliphatic carbocycles. The molecule has 2 aliphatic heterocycles. The van der Waals surface area contributed by atoms with Gasteiger partial charge in [-0.05, 0) is 44.4 Å². The van der Waals surface area contributed by atoms with Crippen LogP contribution in [-0.4, -0.2) is 69.3 Å². The summed E-state index contributed by atoms with van der Waals surface area (Å²) in [6.07, 6.45) is 7.14. The lowest BCUT2D eigenvalue weighted by molar-refractivity contribution is -0.170. The first-order valence-electron chi connectivity index (χ1n) is 12.6. The van der Waals surface area contributed by atoms with Crippen LogP contribution in [0.1, 0.15) is 41.7 Å². The second-order valence-electron chi connectivity index (χ2n) is 10.1. The number of carbonyl (C=O) groups is 2. The normalized spacial score (nSPS) is 16.8. The van der Waals surface area contributed by atoms with Gasteiger partial charge in [0, 0.05) is 36.6 Å². The highest BCUT2D eigenvalue weighted by Crippen LogP contribution is 2.32. The number of piperidine rings is 1. The fraction of sp³-hybridized carbons (Fsp3) is 0.407. The molecule has 2 N–H and O–H groups in total. The Morgan fingerprint density at radius 1 is 1.18 bits per heavy atom. The molecular formula is C27H30N8O3. The van der Waals surface area contributed by atoms with Gasteiger partial charge in [-0.2, -0.15) is 10.4 Å². The summed E-state index contributed by atoms with van der Waals surface area (Å²) in [6.45, 7) is 6.31. The van der Waals surface area contributed by atoms with Crippen molar-refractivity contribution in [1.29, 1.82) is 5.26 Å². The Morgan fingerprint density at radius 3 is 2.58 bits per heavy atom. The molecule has 11 heteroatoms. The molecule has 4 heterocycles. The van der Waals surface area contributed by atoms with Crippen molar-refractivity contribution in [3.8, 4) is 17.3 Å². The van der Waals surface area contributed by atoms with Gasteiger partial charge in [0.25, 0.3) is 5.91 Å². The van der Waals surface area contributed by atoms with Crippen molar-refractivity contribution in [2.45, 2.75) is 32.7 Å². The van der Waals surface area contributed by atoms with Gasteiger partial charge in [-0.15, -0.1) is 0 Å². The molecule has 2 aromatic heterocycles. The molecule has 1 aromatic carbocycles. The van der Waals surface area contributed by atoms with Crippen LogP contribution >= 0.6 is 0 Å². The van der Waals surface area contributed by atoms with E-state index in [1.165, 1.54) is 0 Å². The van der Waals surface area contributed by atoms with Crippen LogP contribution in [0.2, 0.25) is 0 Å². The first-order chi connectivity index (χ1) is 18.4. The molecule has 0 bridgehead atoms. The number of aromatic nitrogens is 4. The minimum atomic E-state index is -0.364. The highest BCUT2D eigenvalue weighted by atomic mass is 16.5. The van der Waals surface area contributed by atoms with Crippen LogP contribution in [0, 0.1) is 23.7 Å². The topological polar surface area (TPSA) is 138 Å². The second-order valence-corrected chi connectivity index (χ2v) is 10.1. The number of ether oxygens (including phenoxy) is 1. The third kappa shape index (κ3) is 5.21. The molecule has 38 heavy (non-hydrogen) atoms. The van der Waals surface area contributed by atoms with Gasteiger partial charge in [-0.25, -0.2) is 9.97 Å². The average molecular weight is 515 g/mol. The van der Waals surface area contributed by atoms with Crippen molar-refractivity contribution in [2.75, 3.05) is 38.2 Å². The Morgan fingerprint density at radius 2 is 1.92 bits per heavy atom. The third-order valence-corrected chi connectivity index (χ3v) is 7.06. The summed E-state index contributed by atoms with van der Waals surface area (Å²) < 4.78 is 7.20. The monoisotopic (exact) mass is 514 g/mol. The van der Waals surface area contributed by atoms with Crippen LogP contribution in [-0.2, 0) is 9.53 Å². The number of nitriles is 1. The molecule has 0 unspecified atom stereocenters. The highest BCUT2D eigenvalue weighted by molar-refractivity contribution is 5.94. The number of amides is 2. The zero-order valence-corrected chi connectivity index (χ0v) is 21.5. The minimum Gasteiger partial charge on any atom is -0.379 e. The van der Waals surface area contributed by atoms with Gasteiger partial charge in [0.1, 0.15) is 6.54 Å². The van der Waals surface area contributed by atoms with Crippen LogP contribution in [0.5, 0.6) is 0 Å². The van der Waals surface area contributed by atoms with Gasteiger partial charge in [-0.3, -0.25) is 14.3 Å². The molecule has 3 aromatic rings. The van der Waals surface area contributed by atoms with Crippen LogP contribution in [0.4, 0.5) is 11.6 Å². The number of hydrogen-bond donors (Lipinski definition) is 2. The van der Waals surface area contributed by atoms with E-state index in [0.29, 0.717) is 37.8 Å². The van der Waals surface area contributed by atoms with E-state index in [0.717, 1.165) is 35.3 Å².